The smallest absolute Gasteiger partial charge is 0.115 e. The molecule has 14 heavy (non-hydrogen) atoms. The minimum atomic E-state index is -0.569. The van der Waals surface area contributed by atoms with Crippen LogP contribution in [0.4, 0.5) is 0 Å². The van der Waals surface area contributed by atoms with E-state index in [0.717, 1.165) is 14.2 Å². The molecule has 0 aromatic carbocycles. The fourth-order valence-electron chi connectivity index (χ4n) is 1.18. The van der Waals surface area contributed by atoms with Gasteiger partial charge in [-0.1, -0.05) is 6.07 Å². The van der Waals surface area contributed by atoms with Gasteiger partial charge in [-0.3, -0.25) is 4.98 Å². The number of aromatic nitrogens is 1. The number of hydrogen-bond donors (Lipinski definition) is 1. The van der Waals surface area contributed by atoms with E-state index in [0.29, 0.717) is 0 Å². The van der Waals surface area contributed by atoms with E-state index in [2.05, 4.69) is 20.9 Å². The monoisotopic (exact) mass is 269 g/mol. The first-order valence-corrected chi connectivity index (χ1v) is 5.71. The second-order valence-corrected chi connectivity index (χ2v) is 5.33. The first-order valence-electron chi connectivity index (χ1n) is 4.10. The summed E-state index contributed by atoms with van der Waals surface area (Å²) in [5, 5.41) is 9.95. The van der Waals surface area contributed by atoms with E-state index < -0.39 is 6.10 Å². The van der Waals surface area contributed by atoms with Gasteiger partial charge in [0.2, 0.25) is 0 Å². The molecule has 1 unspecified atom stereocenters. The molecule has 0 aliphatic rings. The van der Waals surface area contributed by atoms with Gasteiger partial charge >= 0.3 is 0 Å². The Morgan fingerprint density at radius 2 is 2.21 bits per heavy atom. The highest BCUT2D eigenvalue weighted by Crippen LogP contribution is 2.30. The Balaban J connectivity index is 2.29. The Hall–Kier alpha value is -0.710. The number of aliphatic hydroxyl groups excluding tert-OH is 1. The normalized spacial score (nSPS) is 12.7. The molecule has 0 fully saturated rings. The summed E-state index contributed by atoms with van der Waals surface area (Å²) >= 11 is 4.89. The van der Waals surface area contributed by atoms with Gasteiger partial charge in [-0.05, 0) is 34.1 Å². The quantitative estimate of drug-likeness (QED) is 0.910. The molecule has 0 saturated carbocycles. The van der Waals surface area contributed by atoms with Gasteiger partial charge < -0.3 is 5.11 Å². The van der Waals surface area contributed by atoms with Gasteiger partial charge in [0, 0.05) is 22.8 Å². The Kier molecular flexibility index (Phi) is 2.96. The SMILES string of the molecule is OC(c1cccnc1)c1ccc(Br)s1. The predicted molar refractivity (Wildman–Crippen MR) is 60.3 cm³/mol. The maximum absolute atomic E-state index is 9.95. The maximum atomic E-state index is 9.95. The van der Waals surface area contributed by atoms with Crippen molar-refractivity contribution >= 4 is 27.3 Å². The second-order valence-electron chi connectivity index (χ2n) is 2.83. The minimum Gasteiger partial charge on any atom is -0.383 e. The lowest BCUT2D eigenvalue weighted by molar-refractivity contribution is 0.224. The molecule has 0 aliphatic carbocycles. The number of nitrogens with zero attached hydrogens (tertiary/aromatic N) is 1. The van der Waals surface area contributed by atoms with Crippen molar-refractivity contribution in [3.8, 4) is 0 Å². The highest BCUT2D eigenvalue weighted by molar-refractivity contribution is 9.11. The molecule has 0 bridgehead atoms. The first-order chi connectivity index (χ1) is 6.77. The molecule has 2 heterocycles. The second kappa shape index (κ2) is 4.21. The molecule has 72 valence electrons. The number of thiophene rings is 1. The van der Waals surface area contributed by atoms with Crippen molar-refractivity contribution in [2.45, 2.75) is 6.10 Å². The van der Waals surface area contributed by atoms with Gasteiger partial charge in [-0.2, -0.15) is 0 Å². The number of rotatable bonds is 2. The predicted octanol–water partition coefficient (Wildman–Crippen LogP) is 2.99. The Labute approximate surface area is 94.4 Å². The van der Waals surface area contributed by atoms with Crippen LogP contribution in [0.1, 0.15) is 16.5 Å². The van der Waals surface area contributed by atoms with Gasteiger partial charge in [0.1, 0.15) is 6.10 Å². The molecule has 1 N–H and O–H groups in total. The third kappa shape index (κ3) is 2.03. The average molecular weight is 270 g/mol. The van der Waals surface area contributed by atoms with E-state index >= 15 is 0 Å². The highest BCUT2D eigenvalue weighted by atomic mass is 79.9. The van der Waals surface area contributed by atoms with Gasteiger partial charge in [-0.15, -0.1) is 11.3 Å². The van der Waals surface area contributed by atoms with Crippen LogP contribution in [0.5, 0.6) is 0 Å². The maximum Gasteiger partial charge on any atom is 0.115 e. The summed E-state index contributed by atoms with van der Waals surface area (Å²) in [5.41, 5.74) is 0.821. The Morgan fingerprint density at radius 3 is 2.79 bits per heavy atom. The zero-order valence-corrected chi connectivity index (χ0v) is 9.62. The fourth-order valence-corrected chi connectivity index (χ4v) is 2.62. The van der Waals surface area contributed by atoms with E-state index in [1.807, 2.05) is 24.3 Å². The van der Waals surface area contributed by atoms with Crippen molar-refractivity contribution in [1.82, 2.24) is 4.98 Å². The van der Waals surface area contributed by atoms with Crippen LogP contribution in [0.15, 0.2) is 40.4 Å². The summed E-state index contributed by atoms with van der Waals surface area (Å²) in [6.45, 7) is 0. The van der Waals surface area contributed by atoms with Gasteiger partial charge in [0.05, 0.1) is 3.79 Å². The van der Waals surface area contributed by atoms with Crippen molar-refractivity contribution < 1.29 is 5.11 Å². The molecular weight excluding hydrogens is 262 g/mol. The lowest BCUT2D eigenvalue weighted by atomic mass is 10.1. The van der Waals surface area contributed by atoms with Crippen LogP contribution < -0.4 is 0 Å². The fraction of sp³-hybridized carbons (Fsp3) is 0.100. The molecule has 0 aliphatic heterocycles. The van der Waals surface area contributed by atoms with E-state index in [9.17, 15) is 5.11 Å². The third-order valence-electron chi connectivity index (χ3n) is 1.86. The van der Waals surface area contributed by atoms with Gasteiger partial charge in [0.25, 0.3) is 0 Å². The zero-order chi connectivity index (χ0) is 9.97. The van der Waals surface area contributed by atoms with Gasteiger partial charge in [0.15, 0.2) is 0 Å². The van der Waals surface area contributed by atoms with Crippen LogP contribution in [-0.4, -0.2) is 10.1 Å². The summed E-state index contributed by atoms with van der Waals surface area (Å²) in [5.74, 6) is 0. The molecule has 2 aromatic rings. The van der Waals surface area contributed by atoms with Crippen LogP contribution >= 0.6 is 27.3 Å². The standard InChI is InChI=1S/C10H8BrNOS/c11-9-4-3-8(14-9)10(13)7-2-1-5-12-6-7/h1-6,10,13H. The Bertz CT molecular complexity index is 415. The van der Waals surface area contributed by atoms with Crippen LogP contribution in [-0.2, 0) is 0 Å². The summed E-state index contributed by atoms with van der Waals surface area (Å²) in [6, 6.07) is 7.53. The molecule has 0 radical (unpaired) electrons. The van der Waals surface area contributed by atoms with Crippen molar-refractivity contribution in [2.24, 2.45) is 0 Å². The molecule has 0 saturated heterocycles. The summed E-state index contributed by atoms with van der Waals surface area (Å²) in [7, 11) is 0. The van der Waals surface area contributed by atoms with Crippen LogP contribution in [0, 0.1) is 0 Å². The zero-order valence-electron chi connectivity index (χ0n) is 7.22. The molecule has 2 aromatic heterocycles. The molecule has 4 heteroatoms. The van der Waals surface area contributed by atoms with Crippen molar-refractivity contribution in [2.75, 3.05) is 0 Å². The first kappa shape index (κ1) is 9.83. The van der Waals surface area contributed by atoms with Crippen LogP contribution in [0.25, 0.3) is 0 Å². The average Bonchev–Trinajstić information content (AvgIpc) is 2.65. The lowest BCUT2D eigenvalue weighted by Crippen LogP contribution is -1.96. The van der Waals surface area contributed by atoms with Crippen molar-refractivity contribution in [3.63, 3.8) is 0 Å². The van der Waals surface area contributed by atoms with Crippen molar-refractivity contribution in [1.29, 1.82) is 0 Å². The van der Waals surface area contributed by atoms with E-state index in [-0.39, 0.29) is 0 Å². The van der Waals surface area contributed by atoms with Crippen LogP contribution in [0.3, 0.4) is 0 Å². The molecule has 0 spiro atoms. The highest BCUT2D eigenvalue weighted by Gasteiger charge is 2.11. The van der Waals surface area contributed by atoms with Crippen molar-refractivity contribution in [3.05, 3.63) is 50.9 Å². The van der Waals surface area contributed by atoms with Crippen LogP contribution in [0.2, 0.25) is 0 Å². The van der Waals surface area contributed by atoms with E-state index in [4.69, 9.17) is 0 Å². The molecule has 0 amide bonds. The molecule has 2 rings (SSSR count). The molecular formula is C10H8BrNOS. The van der Waals surface area contributed by atoms with E-state index in [1.165, 1.54) is 11.3 Å². The van der Waals surface area contributed by atoms with Gasteiger partial charge in [-0.25, -0.2) is 0 Å². The topological polar surface area (TPSA) is 33.1 Å². The third-order valence-corrected chi connectivity index (χ3v) is 3.54. The summed E-state index contributed by atoms with van der Waals surface area (Å²) in [6.07, 6.45) is 2.80. The molecule has 1 atom stereocenters. The Morgan fingerprint density at radius 1 is 1.36 bits per heavy atom. The summed E-state index contributed by atoms with van der Waals surface area (Å²) < 4.78 is 1.02. The lowest BCUT2D eigenvalue weighted by Gasteiger charge is -2.06. The largest absolute Gasteiger partial charge is 0.383 e. The number of halogens is 1. The molecule has 2 nitrogen and oxygen atoms in total. The number of aliphatic hydroxyl groups is 1. The number of hydrogen-bond acceptors (Lipinski definition) is 3. The summed E-state index contributed by atoms with van der Waals surface area (Å²) in [4.78, 5) is 4.89. The minimum absolute atomic E-state index is 0.569. The van der Waals surface area contributed by atoms with E-state index in [1.54, 1.807) is 12.4 Å². The number of pyridine rings is 1.